The van der Waals surface area contributed by atoms with Gasteiger partial charge in [0.15, 0.2) is 0 Å². The van der Waals surface area contributed by atoms with Crippen molar-refractivity contribution in [3.05, 3.63) is 152 Å². The fourth-order valence-electron chi connectivity index (χ4n) is 4.67. The van der Waals surface area contributed by atoms with Crippen LogP contribution in [0.25, 0.3) is 10.8 Å². The van der Waals surface area contributed by atoms with Crippen molar-refractivity contribution in [2.75, 3.05) is 0 Å². The van der Waals surface area contributed by atoms with Crippen LogP contribution in [0.4, 0.5) is 0 Å². The topological polar surface area (TPSA) is 0 Å². The average Bonchev–Trinajstić information content (AvgIpc) is 3.58. The number of hydrogen-bond acceptors (Lipinski definition) is 0. The standard InChI is InChI=1S/C21H16P.C9H11.C5H8.Ti/c1-3-11-19(12-4-1)22(20-13-5-2-6-14-20)21-15-17-9-7-8-10-18(17)16-21;1-2-5-9-7-3-6-8(9)4-1;1-3-5-4-2;/h1-16H;1-2,4,6,9H,3,5,7H2;3-5H,1H2,2H3;/q2*-1;;+2. The van der Waals surface area contributed by atoms with Crippen molar-refractivity contribution in [1.82, 2.24) is 0 Å². The zero-order chi connectivity index (χ0) is 25.0. The first kappa shape index (κ1) is 28.8. The van der Waals surface area contributed by atoms with E-state index in [0.717, 1.165) is 5.92 Å². The molecule has 184 valence electrons. The Balaban J connectivity index is 0.000000210. The summed E-state index contributed by atoms with van der Waals surface area (Å²) in [6, 6.07) is 35.0. The normalized spacial score (nSPS) is 15.4. The van der Waals surface area contributed by atoms with E-state index in [-0.39, 0.29) is 21.7 Å². The SMILES string of the molecule is C1=CCC2CC[CH-]C2=C1.C=CC=CC.[Ti+2].c1ccc(P(c2ccccc2)c2cc3ccccc3[cH-]2)cc1. The van der Waals surface area contributed by atoms with Crippen LogP contribution in [0.5, 0.6) is 0 Å². The molecule has 37 heavy (non-hydrogen) atoms. The first-order valence-corrected chi connectivity index (χ1v) is 14.1. The number of hydrogen-bond donors (Lipinski definition) is 0. The van der Waals surface area contributed by atoms with Crippen LogP contribution in [0.3, 0.4) is 0 Å². The minimum absolute atomic E-state index is 0. The molecule has 0 N–H and O–H groups in total. The van der Waals surface area contributed by atoms with Gasteiger partial charge in [0, 0.05) is 0 Å². The average molecular weight is 535 g/mol. The molecule has 0 aromatic heterocycles. The van der Waals surface area contributed by atoms with Crippen LogP contribution in [0, 0.1) is 12.3 Å². The Morgan fingerprint density at radius 3 is 2.11 bits per heavy atom. The van der Waals surface area contributed by atoms with E-state index in [1.165, 1.54) is 45.9 Å². The molecule has 0 aliphatic heterocycles. The van der Waals surface area contributed by atoms with Gasteiger partial charge < -0.3 is 0 Å². The molecule has 1 unspecified atom stereocenters. The third kappa shape index (κ3) is 8.11. The van der Waals surface area contributed by atoms with Gasteiger partial charge in [-0.2, -0.15) is 6.07 Å². The summed E-state index contributed by atoms with van der Waals surface area (Å²) in [5.74, 6) is 0.884. The molecule has 4 aromatic rings. The van der Waals surface area contributed by atoms with Crippen LogP contribution in [-0.2, 0) is 21.7 Å². The smallest absolute Gasteiger partial charge is 0.227 e. The third-order valence-electron chi connectivity index (χ3n) is 6.43. The Morgan fingerprint density at radius 1 is 0.892 bits per heavy atom. The summed E-state index contributed by atoms with van der Waals surface area (Å²) in [5, 5.41) is 6.89. The van der Waals surface area contributed by atoms with Crippen molar-refractivity contribution in [1.29, 1.82) is 0 Å². The van der Waals surface area contributed by atoms with E-state index in [2.05, 4.69) is 128 Å². The fraction of sp³-hybridized carbons (Fsp3) is 0.143. The molecular weight excluding hydrogens is 499 g/mol. The van der Waals surface area contributed by atoms with E-state index in [9.17, 15) is 0 Å². The van der Waals surface area contributed by atoms with Crippen molar-refractivity contribution in [3.8, 4) is 0 Å². The molecule has 0 nitrogen and oxygen atoms in total. The second kappa shape index (κ2) is 15.5. The Morgan fingerprint density at radius 2 is 1.54 bits per heavy atom. The monoisotopic (exact) mass is 534 g/mol. The van der Waals surface area contributed by atoms with Crippen LogP contribution in [-0.4, -0.2) is 0 Å². The molecule has 1 fully saturated rings. The second-order valence-electron chi connectivity index (χ2n) is 8.92. The summed E-state index contributed by atoms with van der Waals surface area (Å²) in [4.78, 5) is 0. The first-order chi connectivity index (χ1) is 17.8. The van der Waals surface area contributed by atoms with Crippen LogP contribution in [0.1, 0.15) is 26.2 Å². The Kier molecular flexibility index (Phi) is 12.1. The first-order valence-electron chi connectivity index (χ1n) is 12.8. The van der Waals surface area contributed by atoms with Crippen LogP contribution < -0.4 is 15.9 Å². The number of fused-ring (bicyclic) bond motifs is 2. The Bertz CT molecular complexity index is 1240. The molecule has 4 aromatic carbocycles. The molecule has 2 heteroatoms. The Hall–Kier alpha value is -2.76. The fourth-order valence-corrected chi connectivity index (χ4v) is 7.04. The maximum atomic E-state index is 3.46. The van der Waals surface area contributed by atoms with Gasteiger partial charge in [0.2, 0.25) is 0 Å². The minimum Gasteiger partial charge on any atom is -0.227 e. The predicted octanol–water partition coefficient (Wildman–Crippen LogP) is 8.55. The van der Waals surface area contributed by atoms with E-state index in [4.69, 9.17) is 0 Å². The van der Waals surface area contributed by atoms with Gasteiger partial charge in [0.1, 0.15) is 0 Å². The molecule has 1 saturated carbocycles. The molecule has 2 aliphatic carbocycles. The summed E-state index contributed by atoms with van der Waals surface area (Å²) < 4.78 is 0. The molecule has 0 spiro atoms. The van der Waals surface area contributed by atoms with Gasteiger partial charge in [-0.05, 0) is 37.8 Å². The molecule has 0 saturated heterocycles. The molecular formula is C35H35PTi. The Labute approximate surface area is 239 Å². The van der Waals surface area contributed by atoms with Gasteiger partial charge in [0.05, 0.1) is 0 Å². The summed E-state index contributed by atoms with van der Waals surface area (Å²) in [7, 11) is -0.493. The second-order valence-corrected chi connectivity index (χ2v) is 11.1. The van der Waals surface area contributed by atoms with Crippen LogP contribution in [0.15, 0.2) is 146 Å². The van der Waals surface area contributed by atoms with Crippen molar-refractivity contribution < 1.29 is 21.7 Å². The van der Waals surface area contributed by atoms with E-state index >= 15 is 0 Å². The van der Waals surface area contributed by atoms with Gasteiger partial charge in [-0.3, -0.25) is 0 Å². The predicted molar refractivity (Wildman–Crippen MR) is 162 cm³/mol. The molecule has 0 heterocycles. The van der Waals surface area contributed by atoms with Crippen LogP contribution in [0.2, 0.25) is 0 Å². The van der Waals surface area contributed by atoms with E-state index < -0.39 is 7.92 Å². The van der Waals surface area contributed by atoms with Crippen molar-refractivity contribution >= 4 is 34.6 Å². The summed E-state index contributed by atoms with van der Waals surface area (Å²) in [6.07, 6.45) is 18.6. The van der Waals surface area contributed by atoms with Crippen LogP contribution >= 0.6 is 7.92 Å². The van der Waals surface area contributed by atoms with Crippen molar-refractivity contribution in [2.24, 2.45) is 5.92 Å². The zero-order valence-corrected chi connectivity index (χ0v) is 24.1. The summed E-state index contributed by atoms with van der Waals surface area (Å²) >= 11 is 0. The zero-order valence-electron chi connectivity index (χ0n) is 21.6. The summed E-state index contributed by atoms with van der Waals surface area (Å²) in [5.41, 5.74) is 1.58. The van der Waals surface area contributed by atoms with Gasteiger partial charge in [0.25, 0.3) is 0 Å². The van der Waals surface area contributed by atoms with Crippen molar-refractivity contribution in [2.45, 2.75) is 26.2 Å². The quantitative estimate of drug-likeness (QED) is 0.107. The summed E-state index contributed by atoms with van der Waals surface area (Å²) in [6.45, 7) is 5.42. The van der Waals surface area contributed by atoms with Gasteiger partial charge >= 0.3 is 21.7 Å². The van der Waals surface area contributed by atoms with E-state index in [0.29, 0.717) is 0 Å². The maximum Gasteiger partial charge on any atom is 2.00 e. The van der Waals surface area contributed by atoms with Gasteiger partial charge in [-0.15, -0.1) is 58.9 Å². The molecule has 0 bridgehead atoms. The van der Waals surface area contributed by atoms with E-state index in [1.54, 1.807) is 11.6 Å². The molecule has 6 rings (SSSR count). The van der Waals surface area contributed by atoms with Gasteiger partial charge in [-0.25, -0.2) is 18.1 Å². The number of benzene rings is 3. The van der Waals surface area contributed by atoms with Gasteiger partial charge in [-0.1, -0.05) is 98.0 Å². The third-order valence-corrected chi connectivity index (χ3v) is 8.83. The largest absolute Gasteiger partial charge is 2.00 e. The maximum absolute atomic E-state index is 3.46. The molecule has 0 radical (unpaired) electrons. The van der Waals surface area contributed by atoms with E-state index in [1.807, 2.05) is 19.1 Å². The minimum atomic E-state index is -0.493. The van der Waals surface area contributed by atoms with Crippen molar-refractivity contribution in [3.63, 3.8) is 0 Å². The number of allylic oxidation sites excluding steroid dienone is 7. The molecule has 0 amide bonds. The molecule has 2 aliphatic rings. The number of rotatable bonds is 4. The molecule has 1 atom stereocenters.